The first kappa shape index (κ1) is 12.2. The van der Waals surface area contributed by atoms with E-state index in [-0.39, 0.29) is 5.82 Å². The van der Waals surface area contributed by atoms with Crippen LogP contribution in [0.15, 0.2) is 12.1 Å². The quantitative estimate of drug-likeness (QED) is 0.812. The zero-order valence-electron chi connectivity index (χ0n) is 10.8. The first-order chi connectivity index (χ1) is 7.99. The first-order valence-electron chi connectivity index (χ1n) is 6.31. The number of hydrogen-bond acceptors (Lipinski definition) is 2. The molecule has 0 spiro atoms. The molecule has 17 heavy (non-hydrogen) atoms. The van der Waals surface area contributed by atoms with E-state index < -0.39 is 0 Å². The van der Waals surface area contributed by atoms with Gasteiger partial charge in [-0.1, -0.05) is 0 Å². The lowest BCUT2D eigenvalue weighted by atomic mass is 10.1. The zero-order valence-corrected chi connectivity index (χ0v) is 10.8. The average molecular weight is 236 g/mol. The Morgan fingerprint density at radius 1 is 1.41 bits per heavy atom. The Morgan fingerprint density at radius 3 is 2.59 bits per heavy atom. The minimum Gasteiger partial charge on any atom is -0.397 e. The molecule has 1 aromatic carbocycles. The van der Waals surface area contributed by atoms with Crippen LogP contribution in [0.1, 0.15) is 32.3 Å². The van der Waals surface area contributed by atoms with Crippen LogP contribution in [0.2, 0.25) is 0 Å². The number of nitrogens with zero attached hydrogens (tertiary/aromatic N) is 1. The highest BCUT2D eigenvalue weighted by Crippen LogP contribution is 2.35. The molecule has 1 fully saturated rings. The predicted molar refractivity (Wildman–Crippen MR) is 70.8 cm³/mol. The molecule has 2 nitrogen and oxygen atoms in total. The van der Waals surface area contributed by atoms with Crippen LogP contribution in [0.5, 0.6) is 0 Å². The lowest BCUT2D eigenvalue weighted by molar-refractivity contribution is 0.615. The highest BCUT2D eigenvalue weighted by molar-refractivity contribution is 5.69. The molecule has 0 saturated heterocycles. The number of anilines is 2. The van der Waals surface area contributed by atoms with Gasteiger partial charge >= 0.3 is 0 Å². The summed E-state index contributed by atoms with van der Waals surface area (Å²) >= 11 is 0. The van der Waals surface area contributed by atoms with Crippen LogP contribution in [-0.2, 0) is 0 Å². The lowest BCUT2D eigenvalue weighted by Gasteiger charge is -2.30. The standard InChI is InChI=1S/C14H21FN2/c1-9(2)17(8-11-4-5-11)14-6-10(3)12(15)7-13(14)16/h6-7,9,11H,4-5,8,16H2,1-3H3. The molecule has 0 amide bonds. The van der Waals surface area contributed by atoms with Gasteiger partial charge in [-0.25, -0.2) is 4.39 Å². The van der Waals surface area contributed by atoms with Crippen LogP contribution in [0.3, 0.4) is 0 Å². The van der Waals surface area contributed by atoms with E-state index in [9.17, 15) is 4.39 Å². The Labute approximate surface area is 103 Å². The summed E-state index contributed by atoms with van der Waals surface area (Å²) < 4.78 is 13.4. The van der Waals surface area contributed by atoms with Crippen molar-refractivity contribution in [1.29, 1.82) is 0 Å². The van der Waals surface area contributed by atoms with Crippen LogP contribution in [0.4, 0.5) is 15.8 Å². The van der Waals surface area contributed by atoms with Gasteiger partial charge in [0.05, 0.1) is 11.4 Å². The molecule has 1 aliphatic rings. The molecule has 1 aliphatic carbocycles. The summed E-state index contributed by atoms with van der Waals surface area (Å²) in [5.41, 5.74) is 8.13. The molecule has 0 atom stereocenters. The molecular formula is C14H21FN2. The molecule has 0 aliphatic heterocycles. The summed E-state index contributed by atoms with van der Waals surface area (Å²) in [7, 11) is 0. The Balaban J connectivity index is 2.30. The monoisotopic (exact) mass is 236 g/mol. The van der Waals surface area contributed by atoms with Crippen LogP contribution in [0, 0.1) is 18.7 Å². The minimum atomic E-state index is -0.221. The highest BCUT2D eigenvalue weighted by atomic mass is 19.1. The van der Waals surface area contributed by atoms with Crippen molar-refractivity contribution in [2.75, 3.05) is 17.2 Å². The Hall–Kier alpha value is -1.25. The molecular weight excluding hydrogens is 215 g/mol. The molecule has 0 aromatic heterocycles. The van der Waals surface area contributed by atoms with E-state index in [0.717, 1.165) is 18.2 Å². The van der Waals surface area contributed by atoms with Crippen molar-refractivity contribution in [3.05, 3.63) is 23.5 Å². The van der Waals surface area contributed by atoms with Crippen molar-refractivity contribution in [2.45, 2.75) is 39.7 Å². The van der Waals surface area contributed by atoms with E-state index in [1.807, 2.05) is 6.07 Å². The summed E-state index contributed by atoms with van der Waals surface area (Å²) in [6.07, 6.45) is 2.62. The third kappa shape index (κ3) is 2.71. The first-order valence-corrected chi connectivity index (χ1v) is 6.31. The van der Waals surface area contributed by atoms with Crippen molar-refractivity contribution in [2.24, 2.45) is 5.92 Å². The SMILES string of the molecule is Cc1cc(N(CC2CC2)C(C)C)c(N)cc1F. The second-order valence-electron chi connectivity index (χ2n) is 5.35. The van der Waals surface area contributed by atoms with Crippen LogP contribution >= 0.6 is 0 Å². The summed E-state index contributed by atoms with van der Waals surface area (Å²) in [6.45, 7) is 7.13. The van der Waals surface area contributed by atoms with Crippen molar-refractivity contribution >= 4 is 11.4 Å². The molecule has 94 valence electrons. The summed E-state index contributed by atoms with van der Waals surface area (Å²) in [5.74, 6) is 0.573. The highest BCUT2D eigenvalue weighted by Gasteiger charge is 2.26. The average Bonchev–Trinajstić information content (AvgIpc) is 3.04. The molecule has 0 unspecified atom stereocenters. The van der Waals surface area contributed by atoms with Gasteiger partial charge in [-0.15, -0.1) is 0 Å². The van der Waals surface area contributed by atoms with E-state index in [1.165, 1.54) is 18.9 Å². The van der Waals surface area contributed by atoms with Gasteiger partial charge in [0, 0.05) is 12.6 Å². The number of aryl methyl sites for hydroxylation is 1. The zero-order chi connectivity index (χ0) is 12.6. The largest absolute Gasteiger partial charge is 0.397 e. The van der Waals surface area contributed by atoms with Gasteiger partial charge < -0.3 is 10.6 Å². The predicted octanol–water partition coefficient (Wildman–Crippen LogP) is 3.34. The van der Waals surface area contributed by atoms with Crippen LogP contribution in [0.25, 0.3) is 0 Å². The molecule has 3 heteroatoms. The third-order valence-corrected chi connectivity index (χ3v) is 3.39. The van der Waals surface area contributed by atoms with E-state index in [4.69, 9.17) is 5.73 Å². The summed E-state index contributed by atoms with van der Waals surface area (Å²) in [6, 6.07) is 3.70. The van der Waals surface area contributed by atoms with Gasteiger partial charge in [-0.3, -0.25) is 0 Å². The maximum absolute atomic E-state index is 13.4. The minimum absolute atomic E-state index is 0.221. The molecule has 2 rings (SSSR count). The molecule has 0 bridgehead atoms. The van der Waals surface area contributed by atoms with E-state index >= 15 is 0 Å². The van der Waals surface area contributed by atoms with Gasteiger partial charge in [0.2, 0.25) is 0 Å². The van der Waals surface area contributed by atoms with Crippen LogP contribution in [-0.4, -0.2) is 12.6 Å². The van der Waals surface area contributed by atoms with Crippen molar-refractivity contribution in [1.82, 2.24) is 0 Å². The van der Waals surface area contributed by atoms with Crippen molar-refractivity contribution in [3.8, 4) is 0 Å². The van der Waals surface area contributed by atoms with E-state index in [0.29, 0.717) is 17.3 Å². The number of rotatable bonds is 4. The molecule has 0 heterocycles. The van der Waals surface area contributed by atoms with Crippen molar-refractivity contribution in [3.63, 3.8) is 0 Å². The van der Waals surface area contributed by atoms with Gasteiger partial charge in [0.15, 0.2) is 0 Å². The summed E-state index contributed by atoms with van der Waals surface area (Å²) in [4.78, 5) is 2.29. The van der Waals surface area contributed by atoms with Gasteiger partial charge in [0.1, 0.15) is 5.82 Å². The van der Waals surface area contributed by atoms with Gasteiger partial charge in [-0.05, 0) is 57.2 Å². The number of nitrogen functional groups attached to an aromatic ring is 1. The topological polar surface area (TPSA) is 29.3 Å². The van der Waals surface area contributed by atoms with E-state index in [2.05, 4.69) is 18.7 Å². The smallest absolute Gasteiger partial charge is 0.128 e. The Kier molecular flexibility index (Phi) is 3.27. The number of hydrogen-bond donors (Lipinski definition) is 1. The molecule has 0 radical (unpaired) electrons. The van der Waals surface area contributed by atoms with Gasteiger partial charge in [0.25, 0.3) is 0 Å². The fourth-order valence-corrected chi connectivity index (χ4v) is 2.10. The molecule has 1 aromatic rings. The molecule has 2 N–H and O–H groups in total. The maximum atomic E-state index is 13.4. The third-order valence-electron chi connectivity index (χ3n) is 3.39. The number of nitrogens with two attached hydrogens (primary N) is 1. The van der Waals surface area contributed by atoms with Gasteiger partial charge in [-0.2, -0.15) is 0 Å². The molecule has 1 saturated carbocycles. The summed E-state index contributed by atoms with van der Waals surface area (Å²) in [5, 5.41) is 0. The fourth-order valence-electron chi connectivity index (χ4n) is 2.10. The Bertz CT molecular complexity index is 411. The van der Waals surface area contributed by atoms with Crippen molar-refractivity contribution < 1.29 is 4.39 Å². The maximum Gasteiger partial charge on any atom is 0.128 e. The fraction of sp³-hybridized carbons (Fsp3) is 0.571. The normalized spacial score (nSPS) is 15.4. The Morgan fingerprint density at radius 2 is 2.06 bits per heavy atom. The van der Waals surface area contributed by atoms with Crippen LogP contribution < -0.4 is 10.6 Å². The number of halogens is 1. The van der Waals surface area contributed by atoms with E-state index in [1.54, 1.807) is 6.92 Å². The number of benzene rings is 1. The lowest BCUT2D eigenvalue weighted by Crippen LogP contribution is -2.33. The second-order valence-corrected chi connectivity index (χ2v) is 5.35. The second kappa shape index (κ2) is 4.55.